The molecule has 3 heterocycles. The van der Waals surface area contributed by atoms with E-state index in [1.165, 1.54) is 0 Å². The van der Waals surface area contributed by atoms with Crippen molar-refractivity contribution in [2.75, 3.05) is 20.2 Å². The number of pyridine rings is 1. The summed E-state index contributed by atoms with van der Waals surface area (Å²) in [6.45, 7) is 3.73. The molecule has 2 aliphatic rings. The maximum atomic E-state index is 13.5. The zero-order valence-electron chi connectivity index (χ0n) is 20.1. The fourth-order valence-corrected chi connectivity index (χ4v) is 4.90. The number of nitrogens with one attached hydrogen (secondary N) is 1. The number of carbonyl (C=O) groups excluding carboxylic acids is 1. The van der Waals surface area contributed by atoms with Gasteiger partial charge in [-0.1, -0.05) is 12.1 Å². The highest BCUT2D eigenvalue weighted by Crippen LogP contribution is 2.48. The van der Waals surface area contributed by atoms with Crippen molar-refractivity contribution < 1.29 is 9.53 Å². The van der Waals surface area contributed by atoms with Crippen LogP contribution in [0.3, 0.4) is 0 Å². The Hall–Kier alpha value is -3.71. The second-order valence-electron chi connectivity index (χ2n) is 9.76. The highest BCUT2D eigenvalue weighted by Gasteiger charge is 2.47. The number of hydrogen-bond donors (Lipinski definition) is 1. The Morgan fingerprint density at radius 3 is 2.77 bits per heavy atom. The van der Waals surface area contributed by atoms with Crippen molar-refractivity contribution in [3.63, 3.8) is 0 Å². The van der Waals surface area contributed by atoms with Crippen LogP contribution in [0.1, 0.15) is 40.7 Å². The molecule has 0 radical (unpaired) electrons. The minimum Gasteiger partial charge on any atom is -0.492 e. The Bertz CT molecular complexity index is 1390. The van der Waals surface area contributed by atoms with Gasteiger partial charge in [-0.05, 0) is 87.3 Å². The van der Waals surface area contributed by atoms with Crippen LogP contribution in [0, 0.1) is 6.92 Å². The number of hydrogen-bond acceptors (Lipinski definition) is 5. The topological polar surface area (TPSA) is 72.3 Å². The summed E-state index contributed by atoms with van der Waals surface area (Å²) in [5, 5.41) is 8.82. The molecule has 2 fully saturated rings. The molecule has 0 bridgehead atoms. The number of ether oxygens (including phenoxy) is 1. The van der Waals surface area contributed by atoms with E-state index in [1.54, 1.807) is 12.4 Å². The van der Waals surface area contributed by atoms with E-state index in [0.29, 0.717) is 18.2 Å². The number of nitrogens with zero attached hydrogens (tertiary/aromatic N) is 4. The van der Waals surface area contributed by atoms with Gasteiger partial charge in [-0.3, -0.25) is 14.7 Å². The van der Waals surface area contributed by atoms with E-state index in [1.807, 2.05) is 54.2 Å². The van der Waals surface area contributed by atoms with Crippen molar-refractivity contribution in [3.05, 3.63) is 83.8 Å². The molecule has 1 N–H and O–H groups in total. The number of aryl methyl sites for hydroxylation is 1. The van der Waals surface area contributed by atoms with Crippen LogP contribution in [0.2, 0.25) is 0 Å². The molecule has 1 unspecified atom stereocenters. The maximum Gasteiger partial charge on any atom is 0.252 e. The van der Waals surface area contributed by atoms with Crippen molar-refractivity contribution in [2.24, 2.45) is 0 Å². The molecule has 1 aliphatic carbocycles. The van der Waals surface area contributed by atoms with E-state index in [9.17, 15) is 4.79 Å². The maximum absolute atomic E-state index is 13.5. The molecule has 35 heavy (non-hydrogen) atoms. The molecule has 1 saturated carbocycles. The Morgan fingerprint density at radius 1 is 1.17 bits per heavy atom. The monoisotopic (exact) mass is 467 g/mol. The summed E-state index contributed by atoms with van der Waals surface area (Å²) in [7, 11) is 2.11. The normalized spacial score (nSPS) is 18.7. The average molecular weight is 468 g/mol. The first-order valence-electron chi connectivity index (χ1n) is 12.2. The van der Waals surface area contributed by atoms with Crippen molar-refractivity contribution in [3.8, 4) is 11.4 Å². The van der Waals surface area contributed by atoms with E-state index in [-0.39, 0.29) is 5.91 Å². The van der Waals surface area contributed by atoms with Crippen LogP contribution in [-0.2, 0) is 5.54 Å². The number of rotatable bonds is 7. The van der Waals surface area contributed by atoms with E-state index in [4.69, 9.17) is 4.74 Å². The SMILES string of the molecule is Cc1ccc(OCC2CCN2C)cc1C(=O)NC1(c2cc(-n3cccn3)cc3ncccc23)CC1. The van der Waals surface area contributed by atoms with Crippen LogP contribution < -0.4 is 10.1 Å². The third-order valence-corrected chi connectivity index (χ3v) is 7.43. The fourth-order valence-electron chi connectivity index (χ4n) is 4.90. The fraction of sp³-hybridized carbons (Fsp3) is 0.321. The summed E-state index contributed by atoms with van der Waals surface area (Å²) < 4.78 is 7.86. The number of fused-ring (bicyclic) bond motifs is 1. The lowest BCUT2D eigenvalue weighted by Gasteiger charge is -2.37. The summed E-state index contributed by atoms with van der Waals surface area (Å²) in [6, 6.07) is 16.3. The van der Waals surface area contributed by atoms with E-state index < -0.39 is 5.54 Å². The average Bonchev–Trinajstić information content (AvgIpc) is 3.42. The second-order valence-corrected chi connectivity index (χ2v) is 9.76. The largest absolute Gasteiger partial charge is 0.492 e. The second kappa shape index (κ2) is 8.50. The molecule has 2 aromatic heterocycles. The summed E-state index contributed by atoms with van der Waals surface area (Å²) in [5.41, 5.74) is 4.08. The summed E-state index contributed by atoms with van der Waals surface area (Å²) in [6.07, 6.45) is 8.40. The summed E-state index contributed by atoms with van der Waals surface area (Å²) in [5.74, 6) is 0.661. The van der Waals surface area contributed by atoms with Gasteiger partial charge in [0.15, 0.2) is 0 Å². The van der Waals surface area contributed by atoms with Gasteiger partial charge in [-0.2, -0.15) is 5.10 Å². The number of amides is 1. The molecule has 1 atom stereocenters. The van der Waals surface area contributed by atoms with Gasteiger partial charge in [0.05, 0.1) is 16.7 Å². The van der Waals surface area contributed by atoms with Crippen LogP contribution in [0.15, 0.2) is 67.1 Å². The van der Waals surface area contributed by atoms with Gasteiger partial charge >= 0.3 is 0 Å². The van der Waals surface area contributed by atoms with Crippen LogP contribution >= 0.6 is 0 Å². The molecule has 1 saturated heterocycles. The van der Waals surface area contributed by atoms with Gasteiger partial charge in [0.25, 0.3) is 5.91 Å². The van der Waals surface area contributed by atoms with Crippen molar-refractivity contribution >= 4 is 16.8 Å². The molecule has 6 rings (SSSR count). The first-order chi connectivity index (χ1) is 17.0. The van der Waals surface area contributed by atoms with Gasteiger partial charge in [-0.25, -0.2) is 4.68 Å². The summed E-state index contributed by atoms with van der Waals surface area (Å²) in [4.78, 5) is 20.4. The zero-order valence-corrected chi connectivity index (χ0v) is 20.1. The third kappa shape index (κ3) is 4.06. The van der Waals surface area contributed by atoms with Crippen molar-refractivity contribution in [2.45, 2.75) is 37.8 Å². The Labute approximate surface area is 204 Å². The van der Waals surface area contributed by atoms with E-state index in [2.05, 4.69) is 39.5 Å². The smallest absolute Gasteiger partial charge is 0.252 e. The molecule has 2 aromatic carbocycles. The third-order valence-electron chi connectivity index (χ3n) is 7.43. The molecular formula is C28H29N5O2. The molecule has 1 aliphatic heterocycles. The lowest BCUT2D eigenvalue weighted by molar-refractivity contribution is 0.0767. The highest BCUT2D eigenvalue weighted by atomic mass is 16.5. The predicted molar refractivity (Wildman–Crippen MR) is 135 cm³/mol. The predicted octanol–water partition coefficient (Wildman–Crippen LogP) is 4.23. The first-order valence-corrected chi connectivity index (χ1v) is 12.2. The van der Waals surface area contributed by atoms with Crippen molar-refractivity contribution in [1.29, 1.82) is 0 Å². The number of aromatic nitrogens is 3. The summed E-state index contributed by atoms with van der Waals surface area (Å²) >= 11 is 0. The molecule has 1 amide bonds. The number of likely N-dealkylation sites (N-methyl/N-ethyl adjacent to an activating group) is 1. The van der Waals surface area contributed by atoms with Gasteiger partial charge in [-0.15, -0.1) is 0 Å². The van der Waals surface area contributed by atoms with Crippen molar-refractivity contribution in [1.82, 2.24) is 25.0 Å². The molecule has 178 valence electrons. The van der Waals surface area contributed by atoms with E-state index >= 15 is 0 Å². The molecule has 7 nitrogen and oxygen atoms in total. The Balaban J connectivity index is 1.29. The van der Waals surface area contributed by atoms with Crippen LogP contribution in [-0.4, -0.2) is 51.8 Å². The first kappa shape index (κ1) is 21.8. The van der Waals surface area contributed by atoms with Gasteiger partial charge < -0.3 is 10.1 Å². The number of carbonyl (C=O) groups is 1. The quantitative estimate of drug-likeness (QED) is 0.440. The number of likely N-dealkylation sites (tertiary alicyclic amines) is 1. The zero-order chi connectivity index (χ0) is 24.0. The number of benzene rings is 2. The lowest BCUT2D eigenvalue weighted by atomic mass is 9.97. The Kier molecular flexibility index (Phi) is 5.29. The van der Waals surface area contributed by atoms with Gasteiger partial charge in [0, 0.05) is 35.6 Å². The molecule has 4 aromatic rings. The minimum absolute atomic E-state index is 0.0762. The lowest BCUT2D eigenvalue weighted by Crippen LogP contribution is -2.48. The van der Waals surface area contributed by atoms with Crippen LogP contribution in [0.4, 0.5) is 0 Å². The standard InChI is InChI=1S/C28H29N5O2/c1-19-6-7-22(35-18-20-8-14-32(20)2)17-24(19)27(34)31-28(9-10-28)25-15-21(33-13-4-12-30-33)16-26-23(25)5-3-11-29-26/h3-7,11-13,15-17,20H,8-10,14,18H2,1-2H3,(H,31,34). The Morgan fingerprint density at radius 2 is 2.06 bits per heavy atom. The van der Waals surface area contributed by atoms with Crippen LogP contribution in [0.5, 0.6) is 5.75 Å². The van der Waals surface area contributed by atoms with Crippen LogP contribution in [0.25, 0.3) is 16.6 Å². The van der Waals surface area contributed by atoms with E-state index in [0.717, 1.165) is 59.3 Å². The molecule has 7 heteroatoms. The minimum atomic E-state index is -0.417. The highest BCUT2D eigenvalue weighted by molar-refractivity contribution is 5.97. The van der Waals surface area contributed by atoms with Gasteiger partial charge in [0.1, 0.15) is 12.4 Å². The van der Waals surface area contributed by atoms with Gasteiger partial charge in [0.2, 0.25) is 0 Å². The molecule has 0 spiro atoms. The molecular weight excluding hydrogens is 438 g/mol.